The van der Waals surface area contributed by atoms with Gasteiger partial charge in [0.25, 0.3) is 0 Å². The summed E-state index contributed by atoms with van der Waals surface area (Å²) in [6.07, 6.45) is -1.21. The number of alkyl halides is 3. The quantitative estimate of drug-likeness (QED) is 0.684. The van der Waals surface area contributed by atoms with Crippen LogP contribution in [0.2, 0.25) is 0 Å². The molecule has 4 heterocycles. The first-order chi connectivity index (χ1) is 12.7. The minimum Gasteiger partial charge on any atom is -0.370 e. The summed E-state index contributed by atoms with van der Waals surface area (Å²) in [6.45, 7) is 2.82. The average Bonchev–Trinajstić information content (AvgIpc) is 3.17. The number of hydrogen-bond donors (Lipinski definition) is 0. The molecule has 1 aliphatic rings. The summed E-state index contributed by atoms with van der Waals surface area (Å²) in [4.78, 5) is 6.29. The largest absolute Gasteiger partial charge is 0.417 e. The number of anilines is 1. The maximum atomic E-state index is 13.7. The van der Waals surface area contributed by atoms with Gasteiger partial charge in [0.1, 0.15) is 11.9 Å². The van der Waals surface area contributed by atoms with Crippen LogP contribution < -0.4 is 4.90 Å². The Labute approximate surface area is 153 Å². The van der Waals surface area contributed by atoms with Crippen LogP contribution in [0.3, 0.4) is 0 Å². The number of halogens is 3. The highest BCUT2D eigenvalue weighted by Crippen LogP contribution is 2.38. The molecule has 0 saturated carbocycles. The summed E-state index contributed by atoms with van der Waals surface area (Å²) in [7, 11) is 3.41. The predicted octanol–water partition coefficient (Wildman–Crippen LogP) is 2.61. The Kier molecular flexibility index (Phi) is 4.10. The molecule has 1 aliphatic heterocycles. The lowest BCUT2D eigenvalue weighted by Crippen LogP contribution is -2.39. The number of hydrogen-bond acceptors (Lipinski definition) is 5. The van der Waals surface area contributed by atoms with Gasteiger partial charge in [-0.3, -0.25) is 9.36 Å². The Morgan fingerprint density at radius 3 is 2.70 bits per heavy atom. The molecule has 144 valence electrons. The van der Waals surface area contributed by atoms with Crippen molar-refractivity contribution in [3.05, 3.63) is 35.3 Å². The molecule has 27 heavy (non-hydrogen) atoms. The standard InChI is InChI=1S/C17H19F3N6O/c1-10-15-12(17(18,19)20)6-14(22-16(15)25(3)23-10)26-4-5-27-13(9-26)11-7-21-24(2)8-11/h6-8,13H,4-5,9H2,1-3H3. The number of rotatable bonds is 2. The molecule has 1 atom stereocenters. The highest BCUT2D eigenvalue weighted by molar-refractivity contribution is 5.84. The first-order valence-electron chi connectivity index (χ1n) is 8.50. The van der Waals surface area contributed by atoms with Crippen LogP contribution in [0.15, 0.2) is 18.5 Å². The first kappa shape index (κ1) is 17.8. The molecule has 1 saturated heterocycles. The summed E-state index contributed by atoms with van der Waals surface area (Å²) in [5.41, 5.74) is 0.712. The van der Waals surface area contributed by atoms with Gasteiger partial charge in [-0.25, -0.2) is 4.98 Å². The lowest BCUT2D eigenvalue weighted by atomic mass is 10.1. The van der Waals surface area contributed by atoms with Crippen molar-refractivity contribution in [3.63, 3.8) is 0 Å². The minimum atomic E-state index is -4.49. The maximum Gasteiger partial charge on any atom is 0.417 e. The van der Waals surface area contributed by atoms with E-state index >= 15 is 0 Å². The molecule has 1 fully saturated rings. The van der Waals surface area contributed by atoms with Crippen LogP contribution in [0.4, 0.5) is 19.0 Å². The monoisotopic (exact) mass is 380 g/mol. The van der Waals surface area contributed by atoms with Crippen LogP contribution in [0.25, 0.3) is 11.0 Å². The van der Waals surface area contributed by atoms with Crippen molar-refractivity contribution < 1.29 is 17.9 Å². The molecule has 0 N–H and O–H groups in total. The van der Waals surface area contributed by atoms with Crippen LogP contribution in [-0.4, -0.2) is 44.2 Å². The number of nitrogens with zero attached hydrogens (tertiary/aromatic N) is 6. The molecule has 3 aromatic heterocycles. The number of pyridine rings is 1. The molecule has 4 rings (SSSR count). The van der Waals surface area contributed by atoms with E-state index in [-0.39, 0.29) is 23.0 Å². The summed E-state index contributed by atoms with van der Waals surface area (Å²) < 4.78 is 49.9. The van der Waals surface area contributed by atoms with Crippen LogP contribution >= 0.6 is 0 Å². The Morgan fingerprint density at radius 1 is 1.26 bits per heavy atom. The molecule has 3 aromatic rings. The third-order valence-electron chi connectivity index (χ3n) is 4.75. The fraction of sp³-hybridized carbons (Fsp3) is 0.471. The van der Waals surface area contributed by atoms with Crippen molar-refractivity contribution in [1.29, 1.82) is 0 Å². The normalized spacial score (nSPS) is 18.4. The van der Waals surface area contributed by atoms with Gasteiger partial charge in [0.15, 0.2) is 5.65 Å². The number of ether oxygens (including phenoxy) is 1. The molecule has 0 radical (unpaired) electrons. The molecule has 1 unspecified atom stereocenters. The van der Waals surface area contributed by atoms with Gasteiger partial charge < -0.3 is 9.64 Å². The molecule has 0 aliphatic carbocycles. The van der Waals surface area contributed by atoms with Crippen molar-refractivity contribution in [2.75, 3.05) is 24.6 Å². The Bertz CT molecular complexity index is 993. The average molecular weight is 380 g/mol. The zero-order valence-electron chi connectivity index (χ0n) is 15.2. The summed E-state index contributed by atoms with van der Waals surface area (Å²) >= 11 is 0. The Hall–Kier alpha value is -2.62. The van der Waals surface area contributed by atoms with Crippen LogP contribution in [0.1, 0.15) is 22.9 Å². The molecular weight excluding hydrogens is 361 g/mol. The fourth-order valence-electron chi connectivity index (χ4n) is 3.48. The second-order valence-electron chi connectivity index (χ2n) is 6.69. The Morgan fingerprint density at radius 2 is 2.04 bits per heavy atom. The SMILES string of the molecule is Cc1nn(C)c2nc(N3CCOC(c4cnn(C)c4)C3)cc(C(F)(F)F)c12. The van der Waals surface area contributed by atoms with E-state index in [1.54, 1.807) is 31.9 Å². The van der Waals surface area contributed by atoms with Crippen LogP contribution in [0.5, 0.6) is 0 Å². The van der Waals surface area contributed by atoms with Crippen LogP contribution in [-0.2, 0) is 25.0 Å². The van der Waals surface area contributed by atoms with Crippen molar-refractivity contribution in [3.8, 4) is 0 Å². The van der Waals surface area contributed by atoms with Gasteiger partial charge in [0.05, 0.1) is 29.4 Å². The zero-order valence-corrected chi connectivity index (χ0v) is 15.2. The molecule has 0 amide bonds. The van der Waals surface area contributed by atoms with E-state index in [0.717, 1.165) is 11.6 Å². The summed E-state index contributed by atoms with van der Waals surface area (Å²) in [5.74, 6) is 0.273. The topological polar surface area (TPSA) is 61.0 Å². The van der Waals surface area contributed by atoms with Gasteiger partial charge in [-0.2, -0.15) is 23.4 Å². The van der Waals surface area contributed by atoms with Gasteiger partial charge in [-0.1, -0.05) is 0 Å². The third-order valence-corrected chi connectivity index (χ3v) is 4.75. The fourth-order valence-corrected chi connectivity index (χ4v) is 3.48. The molecule has 0 spiro atoms. The van der Waals surface area contributed by atoms with E-state index in [2.05, 4.69) is 15.2 Å². The van der Waals surface area contributed by atoms with E-state index in [1.165, 1.54) is 4.68 Å². The minimum absolute atomic E-state index is 0.0471. The second-order valence-corrected chi connectivity index (χ2v) is 6.69. The second kappa shape index (κ2) is 6.22. The smallest absolute Gasteiger partial charge is 0.370 e. The van der Waals surface area contributed by atoms with E-state index < -0.39 is 11.7 Å². The molecule has 0 aromatic carbocycles. The number of morpholine rings is 1. The summed E-state index contributed by atoms with van der Waals surface area (Å²) in [6, 6.07) is 1.11. The molecule has 10 heteroatoms. The predicted molar refractivity (Wildman–Crippen MR) is 92.4 cm³/mol. The Balaban J connectivity index is 1.76. The molecule has 7 nitrogen and oxygen atoms in total. The van der Waals surface area contributed by atoms with Crippen LogP contribution in [0, 0.1) is 6.92 Å². The van der Waals surface area contributed by atoms with E-state index in [4.69, 9.17) is 4.74 Å². The highest BCUT2D eigenvalue weighted by atomic mass is 19.4. The first-order valence-corrected chi connectivity index (χ1v) is 8.50. The zero-order chi connectivity index (χ0) is 19.3. The van der Waals surface area contributed by atoms with Crippen molar-refractivity contribution >= 4 is 16.9 Å². The lowest BCUT2D eigenvalue weighted by Gasteiger charge is -2.33. The van der Waals surface area contributed by atoms with Gasteiger partial charge >= 0.3 is 6.18 Å². The lowest BCUT2D eigenvalue weighted by molar-refractivity contribution is -0.136. The van der Waals surface area contributed by atoms with Gasteiger partial charge in [0.2, 0.25) is 0 Å². The maximum absolute atomic E-state index is 13.7. The third kappa shape index (κ3) is 3.14. The van der Waals surface area contributed by atoms with Crippen molar-refractivity contribution in [1.82, 2.24) is 24.5 Å². The van der Waals surface area contributed by atoms with E-state index in [9.17, 15) is 13.2 Å². The molecular formula is C17H19F3N6O. The van der Waals surface area contributed by atoms with Crippen molar-refractivity contribution in [2.24, 2.45) is 14.1 Å². The number of fused-ring (bicyclic) bond motifs is 1. The summed E-state index contributed by atoms with van der Waals surface area (Å²) in [5, 5.41) is 8.30. The number of aryl methyl sites for hydroxylation is 3. The highest BCUT2D eigenvalue weighted by Gasteiger charge is 2.36. The molecule has 0 bridgehead atoms. The number of aromatic nitrogens is 5. The van der Waals surface area contributed by atoms with Crippen molar-refractivity contribution in [2.45, 2.75) is 19.2 Å². The van der Waals surface area contributed by atoms with E-state index in [1.807, 2.05) is 11.1 Å². The van der Waals surface area contributed by atoms with Gasteiger partial charge in [-0.05, 0) is 13.0 Å². The van der Waals surface area contributed by atoms with Gasteiger partial charge in [-0.15, -0.1) is 0 Å². The van der Waals surface area contributed by atoms with Gasteiger partial charge in [0, 0.05) is 38.9 Å². The van der Waals surface area contributed by atoms with E-state index in [0.29, 0.717) is 25.4 Å².